The molecule has 1 aliphatic heterocycles. The van der Waals surface area contributed by atoms with Gasteiger partial charge in [0.2, 0.25) is 5.91 Å². The molecule has 2 aliphatic rings. The molecule has 11 heteroatoms. The number of rotatable bonds is 6. The van der Waals surface area contributed by atoms with E-state index in [2.05, 4.69) is 15.4 Å². The van der Waals surface area contributed by atoms with Crippen LogP contribution in [0.5, 0.6) is 0 Å². The summed E-state index contributed by atoms with van der Waals surface area (Å²) in [5.41, 5.74) is -0.159. The minimum Gasteiger partial charge on any atom is -0.388 e. The zero-order chi connectivity index (χ0) is 27.9. The van der Waals surface area contributed by atoms with Crippen LogP contribution >= 0.6 is 0 Å². The summed E-state index contributed by atoms with van der Waals surface area (Å²) in [5.74, 6) is 0.706. The van der Waals surface area contributed by atoms with Crippen molar-refractivity contribution in [2.45, 2.75) is 56.7 Å². The number of benzene rings is 1. The van der Waals surface area contributed by atoms with Crippen LogP contribution in [0.3, 0.4) is 0 Å². The number of carbonyl (C=O) groups is 1. The van der Waals surface area contributed by atoms with Gasteiger partial charge in [0.15, 0.2) is 5.65 Å². The Labute approximate surface area is 231 Å². The van der Waals surface area contributed by atoms with E-state index in [1.807, 2.05) is 24.2 Å². The summed E-state index contributed by atoms with van der Waals surface area (Å²) >= 11 is 0. The average molecular weight is 548 g/mol. The van der Waals surface area contributed by atoms with Gasteiger partial charge in [0, 0.05) is 56.2 Å². The highest BCUT2D eigenvalue weighted by molar-refractivity contribution is 5.79. The van der Waals surface area contributed by atoms with Crippen LogP contribution in [0.25, 0.3) is 16.7 Å². The summed E-state index contributed by atoms with van der Waals surface area (Å²) in [4.78, 5) is 32.8. The number of carbonyl (C=O) groups excluding carboxylic acids is 1. The van der Waals surface area contributed by atoms with Gasteiger partial charge >= 0.3 is 0 Å². The highest BCUT2D eigenvalue weighted by atomic mass is 19.1. The molecule has 1 amide bonds. The third-order valence-corrected chi connectivity index (χ3v) is 8.39. The van der Waals surface area contributed by atoms with Crippen LogP contribution in [-0.2, 0) is 18.4 Å². The standard InChI is InChI=1S/C29H34FN7O3/c1-34-14-11-25(33-34)32-22-6-2-20(3-7-22)27(38)35-16-12-29(40,13-17-35)18-36-19-31-26-24(28(36)39)10-15-37(26)23-8-4-21(30)5-9-23/h4-5,8-11,14-15,19-20,22,40H,2-3,6-7,12-13,16-18H2,1H3,(H,32,33). The number of aryl methyl sites for hydroxylation is 1. The Kier molecular flexibility index (Phi) is 6.91. The number of piperidine rings is 1. The van der Waals surface area contributed by atoms with Gasteiger partial charge < -0.3 is 19.9 Å². The third kappa shape index (κ3) is 5.25. The number of aliphatic hydroxyl groups is 1. The maximum atomic E-state index is 13.3. The van der Waals surface area contributed by atoms with Crippen molar-refractivity contribution in [3.8, 4) is 5.69 Å². The molecule has 0 atom stereocenters. The van der Waals surface area contributed by atoms with Crippen molar-refractivity contribution in [2.75, 3.05) is 18.4 Å². The lowest BCUT2D eigenvalue weighted by Gasteiger charge is -2.40. The van der Waals surface area contributed by atoms with E-state index in [0.717, 1.165) is 31.5 Å². The van der Waals surface area contributed by atoms with Crippen LogP contribution in [0.1, 0.15) is 38.5 Å². The largest absolute Gasteiger partial charge is 0.388 e. The molecule has 2 N–H and O–H groups in total. The maximum absolute atomic E-state index is 13.3. The predicted molar refractivity (Wildman–Crippen MR) is 149 cm³/mol. The van der Waals surface area contributed by atoms with E-state index in [1.165, 1.54) is 23.0 Å². The predicted octanol–water partition coefficient (Wildman–Crippen LogP) is 3.08. The van der Waals surface area contributed by atoms with Gasteiger partial charge in [-0.25, -0.2) is 9.37 Å². The van der Waals surface area contributed by atoms with E-state index in [4.69, 9.17) is 0 Å². The van der Waals surface area contributed by atoms with Gasteiger partial charge in [-0.15, -0.1) is 0 Å². The van der Waals surface area contributed by atoms with Gasteiger partial charge in [-0.2, -0.15) is 5.10 Å². The molecule has 6 rings (SSSR count). The van der Waals surface area contributed by atoms with Crippen LogP contribution in [0.2, 0.25) is 0 Å². The third-order valence-electron chi connectivity index (χ3n) is 8.39. The minimum absolute atomic E-state index is 0.00680. The van der Waals surface area contributed by atoms with Crippen LogP contribution in [-0.4, -0.2) is 64.5 Å². The van der Waals surface area contributed by atoms with Crippen molar-refractivity contribution in [1.82, 2.24) is 28.8 Å². The van der Waals surface area contributed by atoms with E-state index in [0.29, 0.717) is 48.7 Å². The molecule has 40 heavy (non-hydrogen) atoms. The molecule has 0 unspecified atom stereocenters. The normalized spacial score (nSPS) is 21.0. The molecule has 0 bridgehead atoms. The Balaban J connectivity index is 1.05. The fourth-order valence-electron chi connectivity index (χ4n) is 6.04. The van der Waals surface area contributed by atoms with E-state index in [1.54, 1.807) is 33.6 Å². The van der Waals surface area contributed by atoms with E-state index in [9.17, 15) is 19.1 Å². The number of hydrogen-bond donors (Lipinski definition) is 2. The average Bonchev–Trinajstić information content (AvgIpc) is 3.57. The van der Waals surface area contributed by atoms with Crippen molar-refractivity contribution in [1.29, 1.82) is 0 Å². The number of aromatic nitrogens is 5. The Morgan fingerprint density at radius 2 is 1.80 bits per heavy atom. The van der Waals surface area contributed by atoms with Crippen molar-refractivity contribution in [2.24, 2.45) is 13.0 Å². The van der Waals surface area contributed by atoms with Gasteiger partial charge in [0.25, 0.3) is 5.56 Å². The van der Waals surface area contributed by atoms with Crippen molar-refractivity contribution < 1.29 is 14.3 Å². The number of likely N-dealkylation sites (tertiary alicyclic amines) is 1. The number of hydrogen-bond acceptors (Lipinski definition) is 6. The quantitative estimate of drug-likeness (QED) is 0.384. The lowest BCUT2D eigenvalue weighted by Crippen LogP contribution is -2.51. The first-order valence-electron chi connectivity index (χ1n) is 13.9. The number of halogens is 1. The molecule has 4 aromatic rings. The summed E-state index contributed by atoms with van der Waals surface area (Å²) in [6, 6.07) is 9.95. The Morgan fingerprint density at radius 3 is 2.48 bits per heavy atom. The van der Waals surface area contributed by atoms with Crippen LogP contribution in [0.4, 0.5) is 10.2 Å². The molecule has 210 valence electrons. The molecule has 1 saturated carbocycles. The molecule has 3 aromatic heterocycles. The van der Waals surface area contributed by atoms with Crippen molar-refractivity contribution in [3.05, 3.63) is 71.3 Å². The fraction of sp³-hybridized carbons (Fsp3) is 0.448. The summed E-state index contributed by atoms with van der Waals surface area (Å²) in [7, 11) is 1.89. The number of fused-ring (bicyclic) bond motifs is 1. The molecule has 4 heterocycles. The number of anilines is 1. The molecule has 0 radical (unpaired) electrons. The molecular weight excluding hydrogens is 513 g/mol. The molecule has 1 saturated heterocycles. The van der Waals surface area contributed by atoms with E-state index < -0.39 is 5.60 Å². The topological polar surface area (TPSA) is 110 Å². The maximum Gasteiger partial charge on any atom is 0.262 e. The first-order chi connectivity index (χ1) is 19.3. The Morgan fingerprint density at radius 1 is 1.07 bits per heavy atom. The zero-order valence-electron chi connectivity index (χ0n) is 22.5. The van der Waals surface area contributed by atoms with Crippen molar-refractivity contribution in [3.63, 3.8) is 0 Å². The first kappa shape index (κ1) is 26.2. The van der Waals surface area contributed by atoms with Gasteiger partial charge in [0.05, 0.1) is 17.5 Å². The summed E-state index contributed by atoms with van der Waals surface area (Å²) in [6.07, 6.45) is 9.42. The second kappa shape index (κ2) is 10.5. The van der Waals surface area contributed by atoms with E-state index >= 15 is 0 Å². The van der Waals surface area contributed by atoms with Crippen molar-refractivity contribution >= 4 is 22.8 Å². The molecule has 1 aromatic carbocycles. The van der Waals surface area contributed by atoms with Gasteiger partial charge in [0.1, 0.15) is 18.0 Å². The Hall–Kier alpha value is -3.99. The zero-order valence-corrected chi connectivity index (χ0v) is 22.5. The molecular formula is C29H34FN7O3. The fourth-order valence-corrected chi connectivity index (χ4v) is 6.04. The molecule has 2 fully saturated rings. The SMILES string of the molecule is Cn1ccc(NC2CCC(C(=O)N3CCC(O)(Cn4cnc5c(ccn5-c5ccc(F)cc5)c4=O)CC3)CC2)n1. The number of amides is 1. The van der Waals surface area contributed by atoms with E-state index in [-0.39, 0.29) is 29.7 Å². The highest BCUT2D eigenvalue weighted by Crippen LogP contribution is 2.31. The number of nitrogens with one attached hydrogen (secondary N) is 1. The lowest BCUT2D eigenvalue weighted by atomic mass is 9.84. The smallest absolute Gasteiger partial charge is 0.262 e. The lowest BCUT2D eigenvalue weighted by molar-refractivity contribution is -0.141. The second-order valence-corrected chi connectivity index (χ2v) is 11.2. The van der Waals surface area contributed by atoms with Crippen LogP contribution in [0.15, 0.2) is 59.9 Å². The number of nitrogens with zero attached hydrogens (tertiary/aromatic N) is 6. The van der Waals surface area contributed by atoms with Gasteiger partial charge in [-0.3, -0.25) is 18.8 Å². The monoisotopic (exact) mass is 547 g/mol. The Bertz CT molecular complexity index is 1560. The van der Waals surface area contributed by atoms with Gasteiger partial charge in [-0.1, -0.05) is 0 Å². The van der Waals surface area contributed by atoms with Gasteiger partial charge in [-0.05, 0) is 68.9 Å². The second-order valence-electron chi connectivity index (χ2n) is 11.2. The highest BCUT2D eigenvalue weighted by Gasteiger charge is 2.37. The van der Waals surface area contributed by atoms with Crippen LogP contribution < -0.4 is 10.9 Å². The molecule has 10 nitrogen and oxygen atoms in total. The first-order valence-corrected chi connectivity index (χ1v) is 13.9. The molecule has 1 aliphatic carbocycles. The van der Waals surface area contributed by atoms with Crippen LogP contribution in [0, 0.1) is 11.7 Å². The molecule has 0 spiro atoms. The summed E-state index contributed by atoms with van der Waals surface area (Å²) < 4.78 is 18.3. The summed E-state index contributed by atoms with van der Waals surface area (Å²) in [5, 5.41) is 19.6. The summed E-state index contributed by atoms with van der Waals surface area (Å²) in [6.45, 7) is 1.04. The minimum atomic E-state index is -1.10.